The Morgan fingerprint density at radius 3 is 2.90 bits per heavy atom. The van der Waals surface area contributed by atoms with Crippen LogP contribution in [0.2, 0.25) is 5.02 Å². The molecular formula is C15H18ClN3O2. The van der Waals surface area contributed by atoms with Gasteiger partial charge in [0.05, 0.1) is 10.7 Å². The molecule has 0 saturated heterocycles. The summed E-state index contributed by atoms with van der Waals surface area (Å²) in [5.74, 6) is -0.153. The van der Waals surface area contributed by atoms with Crippen LogP contribution in [0.15, 0.2) is 30.3 Å². The van der Waals surface area contributed by atoms with Gasteiger partial charge in [0.1, 0.15) is 5.69 Å². The first kappa shape index (κ1) is 15.5. The van der Waals surface area contributed by atoms with Gasteiger partial charge in [0.2, 0.25) is 0 Å². The van der Waals surface area contributed by atoms with E-state index in [-0.39, 0.29) is 5.91 Å². The van der Waals surface area contributed by atoms with Crippen molar-refractivity contribution in [3.63, 3.8) is 0 Å². The van der Waals surface area contributed by atoms with Crippen LogP contribution in [0.5, 0.6) is 0 Å². The molecule has 0 unspecified atom stereocenters. The van der Waals surface area contributed by atoms with Gasteiger partial charge in [0.15, 0.2) is 0 Å². The molecular weight excluding hydrogens is 290 g/mol. The fourth-order valence-corrected chi connectivity index (χ4v) is 2.22. The van der Waals surface area contributed by atoms with E-state index >= 15 is 0 Å². The number of nitrogens with one attached hydrogen (secondary N) is 1. The third-order valence-corrected chi connectivity index (χ3v) is 3.40. The molecule has 6 heteroatoms. The van der Waals surface area contributed by atoms with Crippen LogP contribution in [0.4, 0.5) is 0 Å². The van der Waals surface area contributed by atoms with Crippen LogP contribution in [-0.4, -0.2) is 35.9 Å². The summed E-state index contributed by atoms with van der Waals surface area (Å²) in [7, 11) is 3.38. The molecule has 0 saturated carbocycles. The molecule has 112 valence electrons. The molecule has 0 aliphatic heterocycles. The highest BCUT2D eigenvalue weighted by Gasteiger charge is 2.15. The van der Waals surface area contributed by atoms with Crippen LogP contribution < -0.4 is 5.32 Å². The largest absolute Gasteiger partial charge is 0.385 e. The first-order chi connectivity index (χ1) is 10.1. The van der Waals surface area contributed by atoms with E-state index in [9.17, 15) is 4.79 Å². The Morgan fingerprint density at radius 1 is 1.43 bits per heavy atom. The number of carbonyl (C=O) groups is 1. The number of nitrogens with zero attached hydrogens (tertiary/aromatic N) is 2. The van der Waals surface area contributed by atoms with Gasteiger partial charge in [-0.2, -0.15) is 5.10 Å². The molecule has 1 aromatic heterocycles. The number of benzene rings is 1. The van der Waals surface area contributed by atoms with Gasteiger partial charge in [0.25, 0.3) is 5.91 Å². The van der Waals surface area contributed by atoms with Crippen molar-refractivity contribution in [1.82, 2.24) is 15.1 Å². The molecule has 0 radical (unpaired) electrons. The van der Waals surface area contributed by atoms with Crippen molar-refractivity contribution < 1.29 is 9.53 Å². The lowest BCUT2D eigenvalue weighted by molar-refractivity contribution is 0.0939. The number of halogens is 1. The first-order valence-corrected chi connectivity index (χ1v) is 7.07. The van der Waals surface area contributed by atoms with E-state index in [1.165, 1.54) is 0 Å². The molecule has 1 heterocycles. The quantitative estimate of drug-likeness (QED) is 0.834. The van der Waals surface area contributed by atoms with Gasteiger partial charge < -0.3 is 10.1 Å². The van der Waals surface area contributed by atoms with Gasteiger partial charge in [-0.05, 0) is 18.6 Å². The Kier molecular flexibility index (Phi) is 5.36. The second kappa shape index (κ2) is 7.24. The van der Waals surface area contributed by atoms with Crippen LogP contribution in [0.3, 0.4) is 0 Å². The number of carbonyl (C=O) groups excluding carboxylic acids is 1. The summed E-state index contributed by atoms with van der Waals surface area (Å²) in [4.78, 5) is 12.1. The maximum atomic E-state index is 12.1. The van der Waals surface area contributed by atoms with Gasteiger partial charge >= 0.3 is 0 Å². The molecule has 2 aromatic rings. The molecule has 1 aromatic carbocycles. The Labute approximate surface area is 128 Å². The van der Waals surface area contributed by atoms with Crippen LogP contribution in [0, 0.1) is 0 Å². The summed E-state index contributed by atoms with van der Waals surface area (Å²) in [6.07, 6.45) is 0.775. The Morgan fingerprint density at radius 2 is 2.19 bits per heavy atom. The van der Waals surface area contributed by atoms with Crippen LogP contribution in [0.25, 0.3) is 11.3 Å². The smallest absolute Gasteiger partial charge is 0.269 e. The normalized spacial score (nSPS) is 10.6. The average Bonchev–Trinajstić information content (AvgIpc) is 2.86. The SMILES string of the molecule is COCCCNC(=O)c1cc(-c2ccccc2Cl)nn1C. The van der Waals surface area contributed by atoms with Gasteiger partial charge in [0, 0.05) is 32.9 Å². The van der Waals surface area contributed by atoms with Crippen molar-refractivity contribution in [2.45, 2.75) is 6.42 Å². The molecule has 21 heavy (non-hydrogen) atoms. The standard InChI is InChI=1S/C15H18ClN3O2/c1-19-14(15(20)17-8-5-9-21-2)10-13(18-19)11-6-3-4-7-12(11)16/h3-4,6-7,10H,5,8-9H2,1-2H3,(H,17,20). The predicted octanol–water partition coefficient (Wildman–Crippen LogP) is 2.51. The summed E-state index contributed by atoms with van der Waals surface area (Å²) in [6.45, 7) is 1.19. The summed E-state index contributed by atoms with van der Waals surface area (Å²) >= 11 is 6.15. The molecule has 0 bridgehead atoms. The Bertz CT molecular complexity index is 625. The molecule has 0 aliphatic carbocycles. The van der Waals surface area contributed by atoms with Gasteiger partial charge in [-0.3, -0.25) is 9.48 Å². The van der Waals surface area contributed by atoms with E-state index in [0.29, 0.717) is 29.6 Å². The number of ether oxygens (including phenoxy) is 1. The summed E-state index contributed by atoms with van der Waals surface area (Å²) in [5, 5.41) is 7.81. The minimum atomic E-state index is -0.153. The number of hydrogen-bond donors (Lipinski definition) is 1. The molecule has 0 fully saturated rings. The highest BCUT2D eigenvalue weighted by atomic mass is 35.5. The van der Waals surface area contributed by atoms with Gasteiger partial charge in [-0.25, -0.2) is 0 Å². The summed E-state index contributed by atoms with van der Waals surface area (Å²) < 4.78 is 6.50. The number of methoxy groups -OCH3 is 1. The molecule has 5 nitrogen and oxygen atoms in total. The van der Waals surface area contributed by atoms with Crippen molar-refractivity contribution in [3.8, 4) is 11.3 Å². The second-order valence-electron chi connectivity index (χ2n) is 4.62. The highest BCUT2D eigenvalue weighted by Crippen LogP contribution is 2.26. The fourth-order valence-electron chi connectivity index (χ4n) is 1.99. The lowest BCUT2D eigenvalue weighted by atomic mass is 10.1. The zero-order chi connectivity index (χ0) is 15.2. The number of aryl methyl sites for hydroxylation is 1. The number of rotatable bonds is 6. The van der Waals surface area contributed by atoms with Gasteiger partial charge in [-0.1, -0.05) is 29.8 Å². The molecule has 0 atom stereocenters. The highest BCUT2D eigenvalue weighted by molar-refractivity contribution is 6.33. The van der Waals surface area contributed by atoms with Crippen molar-refractivity contribution in [2.24, 2.45) is 7.05 Å². The van der Waals surface area contributed by atoms with E-state index in [1.807, 2.05) is 18.2 Å². The molecule has 2 rings (SSSR count). The van der Waals surface area contributed by atoms with E-state index < -0.39 is 0 Å². The third-order valence-electron chi connectivity index (χ3n) is 3.07. The minimum absolute atomic E-state index is 0.153. The van der Waals surface area contributed by atoms with E-state index in [0.717, 1.165) is 12.0 Å². The van der Waals surface area contributed by atoms with Crippen LogP contribution >= 0.6 is 11.6 Å². The Hall–Kier alpha value is -1.85. The van der Waals surface area contributed by atoms with E-state index in [4.69, 9.17) is 16.3 Å². The third kappa shape index (κ3) is 3.83. The summed E-state index contributed by atoms with van der Waals surface area (Å²) in [6, 6.07) is 9.17. The molecule has 1 N–H and O–H groups in total. The average molecular weight is 308 g/mol. The van der Waals surface area contributed by atoms with Crippen molar-refractivity contribution in [3.05, 3.63) is 41.0 Å². The zero-order valence-corrected chi connectivity index (χ0v) is 12.9. The molecule has 0 aliphatic rings. The van der Waals surface area contributed by atoms with E-state index in [2.05, 4.69) is 10.4 Å². The maximum Gasteiger partial charge on any atom is 0.269 e. The van der Waals surface area contributed by atoms with Crippen LogP contribution in [0.1, 0.15) is 16.9 Å². The number of aromatic nitrogens is 2. The summed E-state index contributed by atoms with van der Waals surface area (Å²) in [5.41, 5.74) is 2.00. The molecule has 1 amide bonds. The van der Waals surface area contributed by atoms with Crippen molar-refractivity contribution in [2.75, 3.05) is 20.3 Å². The topological polar surface area (TPSA) is 56.1 Å². The first-order valence-electron chi connectivity index (χ1n) is 6.69. The van der Waals surface area contributed by atoms with Crippen LogP contribution in [-0.2, 0) is 11.8 Å². The zero-order valence-electron chi connectivity index (χ0n) is 12.1. The Balaban J connectivity index is 2.12. The van der Waals surface area contributed by atoms with Gasteiger partial charge in [-0.15, -0.1) is 0 Å². The number of hydrogen-bond acceptors (Lipinski definition) is 3. The van der Waals surface area contributed by atoms with Crippen molar-refractivity contribution >= 4 is 17.5 Å². The monoisotopic (exact) mass is 307 g/mol. The maximum absolute atomic E-state index is 12.1. The number of amides is 1. The van der Waals surface area contributed by atoms with Crippen molar-refractivity contribution in [1.29, 1.82) is 0 Å². The minimum Gasteiger partial charge on any atom is -0.385 e. The lowest BCUT2D eigenvalue weighted by Crippen LogP contribution is -2.27. The lowest BCUT2D eigenvalue weighted by Gasteiger charge is -2.04. The van der Waals surface area contributed by atoms with E-state index in [1.54, 1.807) is 31.0 Å². The predicted molar refractivity (Wildman–Crippen MR) is 82.5 cm³/mol. The molecule has 0 spiro atoms. The second-order valence-corrected chi connectivity index (χ2v) is 5.03. The fraction of sp³-hybridized carbons (Fsp3) is 0.333.